The number of nitrogens with zero attached hydrogens (tertiary/aromatic N) is 3. The number of hydrogen-bond donors (Lipinski definition) is 0. The van der Waals surface area contributed by atoms with E-state index in [2.05, 4.69) is 10.2 Å². The van der Waals surface area contributed by atoms with Gasteiger partial charge in [-0.1, -0.05) is 0 Å². The molecule has 5 heteroatoms. The molecule has 0 saturated heterocycles. The fourth-order valence-corrected chi connectivity index (χ4v) is 5.81. The van der Waals surface area contributed by atoms with E-state index in [-0.39, 0.29) is 28.8 Å². The maximum Gasteiger partial charge on any atom is 0.135 e. The molecule has 4 bridgehead atoms. The second-order valence-electron chi connectivity index (χ2n) is 8.03. The molecule has 0 aromatic carbocycles. The topological polar surface area (TPSA) is 54.1 Å². The molecular weight excluding hydrogens is 294 g/mol. The molecule has 0 spiro atoms. The zero-order valence-corrected chi connectivity index (χ0v) is 13.9. The maximum absolute atomic E-state index is 12.1. The van der Waals surface area contributed by atoms with E-state index in [0.717, 1.165) is 25.2 Å². The summed E-state index contributed by atoms with van der Waals surface area (Å²) in [7, 11) is 0. The number of ketones is 1. The first-order valence-electron chi connectivity index (χ1n) is 8.57. The quantitative estimate of drug-likeness (QED) is 0.447. The summed E-state index contributed by atoms with van der Waals surface area (Å²) < 4.78 is 0. The predicted octanol–water partition coefficient (Wildman–Crippen LogP) is 4.00. The average molecular weight is 317 g/mol. The Balaban J connectivity index is 1.61. The van der Waals surface area contributed by atoms with Crippen molar-refractivity contribution in [2.24, 2.45) is 33.0 Å². The second-order valence-corrected chi connectivity index (χ2v) is 8.21. The highest BCUT2D eigenvalue weighted by molar-refractivity contribution is 7.78. The number of carbonyl (C=O) groups is 1. The van der Waals surface area contributed by atoms with Crippen molar-refractivity contribution in [2.45, 2.75) is 75.4 Å². The Morgan fingerprint density at radius 2 is 1.95 bits per heavy atom. The summed E-state index contributed by atoms with van der Waals surface area (Å²) in [6.45, 7) is 1.71. The van der Waals surface area contributed by atoms with Crippen molar-refractivity contribution in [2.75, 3.05) is 0 Å². The molecule has 0 heterocycles. The normalized spacial score (nSPS) is 49.0. The lowest BCUT2D eigenvalue weighted by Crippen LogP contribution is -2.38. The minimum atomic E-state index is -0.299. The number of carbonyl (C=O) groups excluding carboxylic acids is 1. The van der Waals surface area contributed by atoms with Crippen LogP contribution in [-0.4, -0.2) is 28.1 Å². The number of fused-ring (bicyclic) bond motifs is 4. The minimum absolute atomic E-state index is 0.0350. The Morgan fingerprint density at radius 3 is 2.55 bits per heavy atom. The van der Waals surface area contributed by atoms with Crippen molar-refractivity contribution in [3.63, 3.8) is 0 Å². The van der Waals surface area contributed by atoms with Crippen molar-refractivity contribution in [3.05, 3.63) is 0 Å². The number of rotatable bonds is 4. The van der Waals surface area contributed by atoms with Crippen molar-refractivity contribution in [1.29, 1.82) is 0 Å². The molecule has 4 saturated carbocycles. The van der Waals surface area contributed by atoms with Crippen LogP contribution >= 0.6 is 12.2 Å². The highest BCUT2D eigenvalue weighted by Gasteiger charge is 2.59. The standard InChI is InChI=1S/C17H23N3OS/c1-11(21)14-6-13-8-17(14,9-15(13)18-10-22)20-19-16-4-2-12(7-16)3-5-16/h12-15H,2-9H2,1H3. The van der Waals surface area contributed by atoms with Crippen LogP contribution in [0.1, 0.15) is 58.3 Å². The van der Waals surface area contributed by atoms with Gasteiger partial charge in [-0.15, -0.1) is 0 Å². The molecule has 22 heavy (non-hydrogen) atoms. The largest absolute Gasteiger partial charge is 0.300 e. The molecule has 0 aromatic heterocycles. The maximum atomic E-state index is 12.1. The lowest BCUT2D eigenvalue weighted by molar-refractivity contribution is -0.122. The number of thiocarbonyl (C=S) groups is 1. The monoisotopic (exact) mass is 317 g/mol. The van der Waals surface area contributed by atoms with Crippen LogP contribution in [0.2, 0.25) is 0 Å². The summed E-state index contributed by atoms with van der Waals surface area (Å²) in [6.07, 6.45) is 8.88. The zero-order valence-electron chi connectivity index (χ0n) is 13.1. The lowest BCUT2D eigenvalue weighted by atomic mass is 9.79. The number of isothiocyanates is 1. The van der Waals surface area contributed by atoms with Crippen molar-refractivity contribution < 1.29 is 4.79 Å². The molecule has 4 atom stereocenters. The van der Waals surface area contributed by atoms with E-state index in [1.165, 1.54) is 32.1 Å². The van der Waals surface area contributed by atoms with Crippen molar-refractivity contribution in [3.8, 4) is 0 Å². The van der Waals surface area contributed by atoms with Gasteiger partial charge in [0, 0.05) is 5.92 Å². The molecule has 4 aliphatic rings. The van der Waals surface area contributed by atoms with Gasteiger partial charge in [0.15, 0.2) is 0 Å². The minimum Gasteiger partial charge on any atom is -0.300 e. The zero-order chi connectivity index (χ0) is 15.4. The van der Waals surface area contributed by atoms with Crippen LogP contribution in [0.15, 0.2) is 15.2 Å². The van der Waals surface area contributed by atoms with Gasteiger partial charge < -0.3 is 0 Å². The van der Waals surface area contributed by atoms with E-state index in [9.17, 15) is 4.79 Å². The van der Waals surface area contributed by atoms with Gasteiger partial charge in [-0.2, -0.15) is 10.2 Å². The van der Waals surface area contributed by atoms with E-state index in [0.29, 0.717) is 5.92 Å². The number of azo groups is 1. The van der Waals surface area contributed by atoms with Gasteiger partial charge in [0.25, 0.3) is 0 Å². The third-order valence-corrected chi connectivity index (χ3v) is 6.89. The highest BCUT2D eigenvalue weighted by Crippen LogP contribution is 2.57. The Labute approximate surface area is 136 Å². The Hall–Kier alpha value is -0.930. The summed E-state index contributed by atoms with van der Waals surface area (Å²) in [5, 5.41) is 12.3. The van der Waals surface area contributed by atoms with Crippen LogP contribution in [0.3, 0.4) is 0 Å². The third-order valence-electron chi connectivity index (χ3n) is 6.78. The van der Waals surface area contributed by atoms with Gasteiger partial charge in [0.1, 0.15) is 5.78 Å². The summed E-state index contributed by atoms with van der Waals surface area (Å²) in [5.41, 5.74) is -0.198. The summed E-state index contributed by atoms with van der Waals surface area (Å²) in [4.78, 5) is 16.4. The summed E-state index contributed by atoms with van der Waals surface area (Å²) >= 11 is 4.78. The second kappa shape index (κ2) is 5.04. The number of aliphatic imine (C=N–C) groups is 1. The van der Waals surface area contributed by atoms with Crippen molar-refractivity contribution >= 4 is 23.2 Å². The third kappa shape index (κ3) is 2.13. The van der Waals surface area contributed by atoms with E-state index in [1.54, 1.807) is 6.92 Å². The molecule has 0 radical (unpaired) electrons. The van der Waals surface area contributed by atoms with Gasteiger partial charge >= 0.3 is 0 Å². The predicted molar refractivity (Wildman–Crippen MR) is 87.2 cm³/mol. The molecule has 4 rings (SSSR count). The molecule has 0 aromatic rings. The van der Waals surface area contributed by atoms with Gasteiger partial charge in [-0.05, 0) is 82.3 Å². The number of Topliss-reactive ketones (excluding diaryl/α,β-unsaturated/α-hetero) is 1. The van der Waals surface area contributed by atoms with Crippen LogP contribution < -0.4 is 0 Å². The van der Waals surface area contributed by atoms with Crippen LogP contribution in [0.25, 0.3) is 0 Å². The smallest absolute Gasteiger partial charge is 0.135 e. The Kier molecular flexibility index (Phi) is 3.35. The average Bonchev–Trinajstić information content (AvgIpc) is 3.24. The molecule has 118 valence electrons. The van der Waals surface area contributed by atoms with E-state index in [4.69, 9.17) is 22.4 Å². The van der Waals surface area contributed by atoms with E-state index >= 15 is 0 Å². The first-order chi connectivity index (χ1) is 10.6. The van der Waals surface area contributed by atoms with Gasteiger partial charge in [0.05, 0.1) is 22.3 Å². The molecule has 0 aliphatic heterocycles. The molecular formula is C17H23N3OS. The van der Waals surface area contributed by atoms with Crippen molar-refractivity contribution in [1.82, 2.24) is 0 Å². The van der Waals surface area contributed by atoms with Gasteiger partial charge in [-0.25, -0.2) is 4.99 Å². The molecule has 0 amide bonds. The summed E-state index contributed by atoms with van der Waals surface area (Å²) in [5.74, 6) is 1.60. The van der Waals surface area contributed by atoms with Crippen LogP contribution in [0.4, 0.5) is 0 Å². The summed E-state index contributed by atoms with van der Waals surface area (Å²) in [6, 6.07) is 0.199. The number of hydrogen-bond acceptors (Lipinski definition) is 5. The van der Waals surface area contributed by atoms with Crippen LogP contribution in [-0.2, 0) is 4.79 Å². The van der Waals surface area contributed by atoms with Gasteiger partial charge in [0.2, 0.25) is 0 Å². The van der Waals surface area contributed by atoms with Crippen LogP contribution in [0.5, 0.6) is 0 Å². The highest BCUT2D eigenvalue weighted by atomic mass is 32.1. The Bertz CT molecular complexity index is 574. The van der Waals surface area contributed by atoms with Gasteiger partial charge in [-0.3, -0.25) is 4.79 Å². The first kappa shape index (κ1) is 14.6. The van der Waals surface area contributed by atoms with Crippen LogP contribution in [0, 0.1) is 17.8 Å². The fourth-order valence-electron chi connectivity index (χ4n) is 5.67. The first-order valence-corrected chi connectivity index (χ1v) is 8.98. The molecule has 4 fully saturated rings. The molecule has 4 aliphatic carbocycles. The van der Waals surface area contributed by atoms with E-state index in [1.807, 2.05) is 0 Å². The fraction of sp³-hybridized carbons (Fsp3) is 0.882. The Morgan fingerprint density at radius 1 is 1.18 bits per heavy atom. The molecule has 0 N–H and O–H groups in total. The SMILES string of the molecule is CC(=O)C1CC2CC1(N=NC13CCC(CC1)C3)CC2N=C=S. The lowest BCUT2D eigenvalue weighted by Gasteiger charge is -2.32. The molecule has 4 nitrogen and oxygen atoms in total. The van der Waals surface area contributed by atoms with E-state index < -0.39 is 0 Å². The molecule has 4 unspecified atom stereocenters.